The van der Waals surface area contributed by atoms with Crippen LogP contribution in [-0.2, 0) is 70.4 Å². The molecule has 22 N–H and O–H groups in total. The molecule has 1 aromatic carbocycles. The fourth-order valence-corrected chi connectivity index (χ4v) is 7.06. The molecule has 0 saturated carbocycles. The number of hydrogen-bond donors (Lipinski definition) is 19. The van der Waals surface area contributed by atoms with E-state index in [1.54, 1.807) is 30.3 Å². The van der Waals surface area contributed by atoms with Gasteiger partial charge >= 0.3 is 11.9 Å². The summed E-state index contributed by atoms with van der Waals surface area (Å²) in [6.07, 6.45) is -2.44. The largest absolute Gasteiger partial charge is 0.481 e. The maximum absolute atomic E-state index is 14.0. The van der Waals surface area contributed by atoms with E-state index < -0.39 is 177 Å². The Morgan fingerprint density at radius 3 is 1.63 bits per heavy atom. The smallest absolute Gasteiger partial charge is 0.326 e. The highest BCUT2D eigenvalue weighted by Gasteiger charge is 2.37. The molecule has 0 fully saturated rings. The summed E-state index contributed by atoms with van der Waals surface area (Å²) in [6.45, 7) is -0.729. The van der Waals surface area contributed by atoms with Crippen LogP contribution in [0.5, 0.6) is 0 Å². The molecule has 1 aromatic heterocycles. The molecule has 0 aliphatic heterocycles. The Morgan fingerprint density at radius 1 is 0.603 bits per heavy atom. The summed E-state index contributed by atoms with van der Waals surface area (Å²) in [5.74, 6) is -14.4. The van der Waals surface area contributed by atoms with Gasteiger partial charge in [0.25, 0.3) is 0 Å². The van der Waals surface area contributed by atoms with Gasteiger partial charge < -0.3 is 101 Å². The molecular formula is C46H70N14O18. The quantitative estimate of drug-likeness (QED) is 0.0282. The molecule has 2 rings (SSSR count). The van der Waals surface area contributed by atoms with Crippen LogP contribution in [0.15, 0.2) is 42.9 Å². The number of carbonyl (C=O) groups excluding carboxylic acids is 10. The highest BCUT2D eigenvalue weighted by atomic mass is 16.4. The van der Waals surface area contributed by atoms with Gasteiger partial charge in [-0.3, -0.25) is 52.7 Å². The number of carbonyl (C=O) groups is 12. The van der Waals surface area contributed by atoms with Crippen molar-refractivity contribution in [2.45, 2.75) is 132 Å². The number of primary amides is 1. The lowest BCUT2D eigenvalue weighted by Crippen LogP contribution is -2.63. The molecule has 0 saturated heterocycles. The number of aromatic nitrogens is 2. The molecule has 1 heterocycles. The number of unbranched alkanes of at least 4 members (excludes halogenated alkanes) is 1. The number of aliphatic carboxylic acids is 2. The second-order valence-electron chi connectivity index (χ2n) is 17.8. The number of benzene rings is 1. The van der Waals surface area contributed by atoms with Crippen molar-refractivity contribution in [2.75, 3.05) is 26.3 Å². The topological polar surface area (TPSA) is 541 Å². The lowest BCUT2D eigenvalue weighted by molar-refractivity contribution is -0.144. The van der Waals surface area contributed by atoms with Crippen molar-refractivity contribution in [3.63, 3.8) is 0 Å². The van der Waals surface area contributed by atoms with Crippen LogP contribution in [0, 0.1) is 0 Å². The molecular weight excluding hydrogens is 1040 g/mol. The Labute approximate surface area is 445 Å². The Morgan fingerprint density at radius 2 is 1.12 bits per heavy atom. The molecule has 2 aromatic rings. The van der Waals surface area contributed by atoms with Gasteiger partial charge in [0.2, 0.25) is 59.1 Å². The first-order chi connectivity index (χ1) is 36.8. The summed E-state index contributed by atoms with van der Waals surface area (Å²) < 4.78 is 0. The molecule has 10 amide bonds. The molecule has 0 radical (unpaired) electrons. The van der Waals surface area contributed by atoms with E-state index in [2.05, 4.69) is 52.5 Å². The predicted molar refractivity (Wildman–Crippen MR) is 268 cm³/mol. The van der Waals surface area contributed by atoms with E-state index in [-0.39, 0.29) is 32.2 Å². The van der Waals surface area contributed by atoms with Crippen LogP contribution >= 0.6 is 0 Å². The van der Waals surface area contributed by atoms with Gasteiger partial charge in [0.1, 0.15) is 48.3 Å². The average Bonchev–Trinajstić information content (AvgIpc) is 3.90. The average molecular weight is 1110 g/mol. The van der Waals surface area contributed by atoms with E-state index in [9.17, 15) is 88.2 Å². The monoisotopic (exact) mass is 1110 g/mol. The number of nitrogens with two attached hydrogens (primary N) is 3. The van der Waals surface area contributed by atoms with Gasteiger partial charge in [-0.15, -0.1) is 0 Å². The number of aliphatic hydroxyl groups is 4. The third-order valence-electron chi connectivity index (χ3n) is 11.3. The van der Waals surface area contributed by atoms with E-state index in [4.69, 9.17) is 17.2 Å². The van der Waals surface area contributed by atoms with Crippen LogP contribution < -0.4 is 65.1 Å². The normalized spacial score (nSPS) is 15.2. The van der Waals surface area contributed by atoms with Crippen molar-refractivity contribution in [3.05, 3.63) is 54.1 Å². The van der Waals surface area contributed by atoms with Gasteiger partial charge in [-0.05, 0) is 51.6 Å². The van der Waals surface area contributed by atoms with E-state index >= 15 is 0 Å². The lowest BCUT2D eigenvalue weighted by Gasteiger charge is -2.28. The first-order valence-corrected chi connectivity index (χ1v) is 24.3. The minimum absolute atomic E-state index is 0.0198. The van der Waals surface area contributed by atoms with Crippen molar-refractivity contribution < 1.29 is 88.2 Å². The number of hydrogen-bond acceptors (Lipinski definition) is 19. The van der Waals surface area contributed by atoms with Crippen molar-refractivity contribution in [3.8, 4) is 0 Å². The molecule has 0 aliphatic carbocycles. The van der Waals surface area contributed by atoms with Crippen molar-refractivity contribution in [1.29, 1.82) is 0 Å². The van der Waals surface area contributed by atoms with E-state index in [0.717, 1.165) is 13.8 Å². The van der Waals surface area contributed by atoms with Crippen LogP contribution in [-0.4, -0.2) is 205 Å². The second kappa shape index (κ2) is 33.8. The predicted octanol–water partition coefficient (Wildman–Crippen LogP) is -8.78. The van der Waals surface area contributed by atoms with Gasteiger partial charge in [0.05, 0.1) is 50.8 Å². The zero-order valence-corrected chi connectivity index (χ0v) is 42.6. The summed E-state index contributed by atoms with van der Waals surface area (Å²) in [6, 6.07) is -7.43. The number of carboxylic acid groups (broad SMARTS) is 2. The molecule has 0 unspecified atom stereocenters. The Kier molecular flexibility index (Phi) is 28.6. The number of nitrogens with zero attached hydrogens (tertiary/aromatic N) is 1. The first kappa shape index (κ1) is 65.9. The fourth-order valence-electron chi connectivity index (χ4n) is 7.06. The highest BCUT2D eigenvalue weighted by Crippen LogP contribution is 2.09. The van der Waals surface area contributed by atoms with Crippen LogP contribution in [0.3, 0.4) is 0 Å². The number of rotatable bonds is 36. The van der Waals surface area contributed by atoms with E-state index in [0.29, 0.717) is 17.7 Å². The summed E-state index contributed by atoms with van der Waals surface area (Å²) >= 11 is 0. The third kappa shape index (κ3) is 23.4. The van der Waals surface area contributed by atoms with E-state index in [1.807, 2.05) is 5.32 Å². The number of carboxylic acids is 2. The van der Waals surface area contributed by atoms with Gasteiger partial charge in [0.15, 0.2) is 0 Å². The molecule has 78 heavy (non-hydrogen) atoms. The second-order valence-corrected chi connectivity index (χ2v) is 17.8. The zero-order chi connectivity index (χ0) is 58.6. The SMILES string of the molecule is C[C@@H](O)[C@H](NC(=O)CNC(=O)[C@H](CCC(N)=O)NC(=O)[C@@H](CO)NC(=O)[C@@H](N)Cc1cnc[nH]1)C(=O)N[C@@H](Cc1ccccc1)C(=O)N[C@H](C(=O)N[C@@H](CO)C(=O)N[C@@H](CC(=O)O)C(=O)N[C@@H](CCCCN)C(=O)O)[C@@H](C)O. The van der Waals surface area contributed by atoms with Crippen molar-refractivity contribution in [2.24, 2.45) is 17.2 Å². The maximum Gasteiger partial charge on any atom is 0.326 e. The van der Waals surface area contributed by atoms with Gasteiger partial charge in [-0.1, -0.05) is 30.3 Å². The van der Waals surface area contributed by atoms with Crippen LogP contribution in [0.4, 0.5) is 0 Å². The number of aliphatic hydroxyl groups excluding tert-OH is 4. The zero-order valence-electron chi connectivity index (χ0n) is 42.6. The van der Waals surface area contributed by atoms with Gasteiger partial charge in [0, 0.05) is 31.2 Å². The molecule has 0 bridgehead atoms. The summed E-state index contributed by atoms with van der Waals surface area (Å²) in [7, 11) is 0. The number of imidazole rings is 1. The first-order valence-electron chi connectivity index (χ1n) is 24.3. The third-order valence-corrected chi connectivity index (χ3v) is 11.3. The number of amides is 10. The number of aromatic amines is 1. The molecule has 432 valence electrons. The van der Waals surface area contributed by atoms with E-state index in [1.165, 1.54) is 12.5 Å². The van der Waals surface area contributed by atoms with Gasteiger partial charge in [-0.25, -0.2) is 9.78 Å². The van der Waals surface area contributed by atoms with Crippen LogP contribution in [0.2, 0.25) is 0 Å². The lowest BCUT2D eigenvalue weighted by atomic mass is 10.0. The molecule has 32 nitrogen and oxygen atoms in total. The Bertz CT molecular complexity index is 2360. The summed E-state index contributed by atoms with van der Waals surface area (Å²) in [5.41, 5.74) is 17.5. The minimum atomic E-state index is -1.97. The van der Waals surface area contributed by atoms with Gasteiger partial charge in [-0.2, -0.15) is 0 Å². The minimum Gasteiger partial charge on any atom is -0.481 e. The number of nitrogens with one attached hydrogen (secondary N) is 10. The molecule has 11 atom stereocenters. The standard InChI is InChI=1S/C46H70N14O18/c1-22(63)36(59-34(66)18-51-39(70)27(11-12-33(49)65)53-42(73)31(19-61)57-38(69)26(48)15-25-17-50-21-52-25)44(75)56-29(14-24-8-4-3-5-9-24)41(72)60-37(23(2)64)45(76)58-32(20-62)43(74)55-30(16-35(67)68)40(71)54-28(46(77)78)10-6-7-13-47/h3-5,8-9,17,21-23,26-32,36-37,61-64H,6-7,10-16,18-20,47-48H2,1-2H3,(H2,49,65)(H,50,52)(H,51,70)(H,53,73)(H,54,71)(H,55,74)(H,56,75)(H,57,69)(H,58,76)(H,59,66)(H,60,72)(H,67,68)(H,77,78)/t22-,23-,26+,27+,28+,29+,30+,31-,32+,36+,37+/m1/s1. The summed E-state index contributed by atoms with van der Waals surface area (Å²) in [4.78, 5) is 162. The molecule has 0 spiro atoms. The number of H-pyrrole nitrogens is 1. The fraction of sp³-hybridized carbons (Fsp3) is 0.543. The van der Waals surface area contributed by atoms with Crippen LogP contribution in [0.1, 0.15) is 63.6 Å². The highest BCUT2D eigenvalue weighted by molar-refractivity contribution is 5.99. The Balaban J connectivity index is 2.24. The summed E-state index contributed by atoms with van der Waals surface area (Å²) in [5, 5.41) is 79.9. The molecule has 0 aliphatic rings. The molecule has 32 heteroatoms. The van der Waals surface area contributed by atoms with Crippen molar-refractivity contribution in [1.82, 2.24) is 57.8 Å². The van der Waals surface area contributed by atoms with Crippen LogP contribution in [0.25, 0.3) is 0 Å². The van der Waals surface area contributed by atoms with Crippen molar-refractivity contribution >= 4 is 71.0 Å². The maximum atomic E-state index is 14.0. The Hall–Kier alpha value is -8.17.